The lowest BCUT2D eigenvalue weighted by atomic mass is 10.2. The summed E-state index contributed by atoms with van der Waals surface area (Å²) in [5, 5.41) is 10.9. The molecule has 0 bridgehead atoms. The van der Waals surface area contributed by atoms with Crippen LogP contribution in [0.3, 0.4) is 0 Å². The molecule has 3 aromatic rings. The van der Waals surface area contributed by atoms with Gasteiger partial charge in [-0.1, -0.05) is 36.4 Å². The summed E-state index contributed by atoms with van der Waals surface area (Å²) in [6.45, 7) is -0.173. The van der Waals surface area contributed by atoms with Crippen molar-refractivity contribution in [3.05, 3.63) is 94.0 Å². The van der Waals surface area contributed by atoms with Crippen LogP contribution in [-0.4, -0.2) is 17.4 Å². The molecule has 0 N–H and O–H groups in total. The molecule has 0 fully saturated rings. The van der Waals surface area contributed by atoms with Gasteiger partial charge in [0, 0.05) is 35.7 Å². The van der Waals surface area contributed by atoms with Gasteiger partial charge >= 0.3 is 7.82 Å². The topological polar surface area (TPSA) is 113 Å². The maximum Gasteiger partial charge on any atom is 0.530 e. The van der Waals surface area contributed by atoms with E-state index in [1.165, 1.54) is 24.3 Å². The van der Waals surface area contributed by atoms with Gasteiger partial charge in [-0.2, -0.15) is 0 Å². The molecule has 1 aliphatic heterocycles. The Balaban J connectivity index is 1.67. The number of nitro groups is 1. The molecule has 0 saturated carbocycles. The van der Waals surface area contributed by atoms with Crippen molar-refractivity contribution in [2.75, 3.05) is 0 Å². The lowest BCUT2D eigenvalue weighted by molar-refractivity contribution is -0.384. The van der Waals surface area contributed by atoms with Crippen LogP contribution in [0.2, 0.25) is 0 Å². The summed E-state index contributed by atoms with van der Waals surface area (Å²) in [7, 11) is -4.12. The van der Waals surface area contributed by atoms with Crippen LogP contribution in [0, 0.1) is 10.1 Å². The molecule has 10 heteroatoms. The van der Waals surface area contributed by atoms with E-state index in [2.05, 4.69) is 9.98 Å². The van der Waals surface area contributed by atoms with Gasteiger partial charge in [0.25, 0.3) is 5.69 Å². The Morgan fingerprint density at radius 2 is 1.31 bits per heavy atom. The van der Waals surface area contributed by atoms with Crippen LogP contribution in [-0.2, 0) is 26.8 Å². The fourth-order valence-electron chi connectivity index (χ4n) is 2.89. The zero-order valence-corrected chi connectivity index (χ0v) is 17.6. The van der Waals surface area contributed by atoms with Crippen molar-refractivity contribution in [3.8, 4) is 5.75 Å². The highest BCUT2D eigenvalue weighted by Crippen LogP contribution is 2.51. The highest BCUT2D eigenvalue weighted by Gasteiger charge is 2.30. The third-order valence-electron chi connectivity index (χ3n) is 4.50. The van der Waals surface area contributed by atoms with Crippen LogP contribution < -0.4 is 4.52 Å². The first-order chi connectivity index (χ1) is 15.5. The summed E-state index contributed by atoms with van der Waals surface area (Å²) in [6, 6.07) is 19.6. The summed E-state index contributed by atoms with van der Waals surface area (Å²) >= 11 is 0. The van der Waals surface area contributed by atoms with Crippen LogP contribution in [0.15, 0.2) is 82.8 Å². The summed E-state index contributed by atoms with van der Waals surface area (Å²) in [4.78, 5) is 19.1. The minimum Gasteiger partial charge on any atom is -0.404 e. The Labute approximate surface area is 183 Å². The van der Waals surface area contributed by atoms with E-state index >= 15 is 0 Å². The largest absolute Gasteiger partial charge is 0.530 e. The fourth-order valence-corrected chi connectivity index (χ4v) is 4.04. The van der Waals surface area contributed by atoms with Gasteiger partial charge in [0.15, 0.2) is 0 Å². The van der Waals surface area contributed by atoms with Crippen LogP contribution >= 0.6 is 7.82 Å². The lowest BCUT2D eigenvalue weighted by Crippen LogP contribution is -2.04. The van der Waals surface area contributed by atoms with E-state index in [0.717, 1.165) is 0 Å². The highest BCUT2D eigenvalue weighted by atomic mass is 31.2. The minimum atomic E-state index is -4.12. The van der Waals surface area contributed by atoms with Crippen LogP contribution in [0.5, 0.6) is 5.75 Å². The number of nitrogens with zero attached hydrogens (tertiary/aromatic N) is 3. The SMILES string of the molecule is O=[N+]([O-])c1ccc(OP2(=O)OCc3ccccc3N=CC=Nc3ccccc3CO2)cc1. The minimum absolute atomic E-state index is 0.0867. The summed E-state index contributed by atoms with van der Waals surface area (Å²) in [5.41, 5.74) is 2.46. The Morgan fingerprint density at radius 1 is 0.812 bits per heavy atom. The van der Waals surface area contributed by atoms with Gasteiger partial charge in [0.05, 0.1) is 29.5 Å². The van der Waals surface area contributed by atoms with Gasteiger partial charge in [-0.15, -0.1) is 0 Å². The van der Waals surface area contributed by atoms with Crippen molar-refractivity contribution < 1.29 is 23.1 Å². The number of fused-ring (bicyclic) bond motifs is 2. The van der Waals surface area contributed by atoms with E-state index in [0.29, 0.717) is 22.5 Å². The molecular formula is C22H18N3O6P. The molecule has 0 atom stereocenters. The Bertz CT molecular complexity index is 1160. The summed E-state index contributed by atoms with van der Waals surface area (Å²) in [5.74, 6) is 0.112. The second kappa shape index (κ2) is 9.65. The number of aliphatic imine (C=N–C) groups is 2. The van der Waals surface area contributed by atoms with Gasteiger partial charge in [-0.05, 0) is 24.3 Å². The third kappa shape index (κ3) is 5.33. The molecular weight excluding hydrogens is 433 g/mol. The number of rotatable bonds is 3. The van der Waals surface area contributed by atoms with Crippen molar-refractivity contribution in [1.82, 2.24) is 0 Å². The molecule has 0 unspecified atom stereocenters. The molecule has 0 saturated heterocycles. The quantitative estimate of drug-likeness (QED) is 0.277. The molecule has 162 valence electrons. The number of hydrogen-bond donors (Lipinski definition) is 0. The number of nitro benzene ring substituents is 1. The van der Waals surface area contributed by atoms with Crippen molar-refractivity contribution in [3.63, 3.8) is 0 Å². The molecule has 1 aliphatic rings. The first-order valence-electron chi connectivity index (χ1n) is 9.58. The maximum absolute atomic E-state index is 13.5. The molecule has 9 nitrogen and oxygen atoms in total. The van der Waals surface area contributed by atoms with Gasteiger partial charge in [0.1, 0.15) is 5.75 Å². The van der Waals surface area contributed by atoms with Crippen LogP contribution in [0.4, 0.5) is 17.1 Å². The molecule has 0 radical (unpaired) electrons. The third-order valence-corrected chi connectivity index (χ3v) is 5.82. The Kier molecular flexibility index (Phi) is 6.51. The summed E-state index contributed by atoms with van der Waals surface area (Å²) < 4.78 is 30.3. The van der Waals surface area contributed by atoms with E-state index in [1.54, 1.807) is 36.7 Å². The Morgan fingerprint density at radius 3 is 1.81 bits per heavy atom. The zero-order chi connectivity index (χ0) is 22.4. The predicted octanol–water partition coefficient (Wildman–Crippen LogP) is 5.93. The monoisotopic (exact) mass is 451 g/mol. The van der Waals surface area contributed by atoms with E-state index in [-0.39, 0.29) is 24.7 Å². The summed E-state index contributed by atoms with van der Waals surface area (Å²) in [6.07, 6.45) is 3.14. The second-order valence-electron chi connectivity index (χ2n) is 6.65. The van der Waals surface area contributed by atoms with Crippen molar-refractivity contribution in [2.24, 2.45) is 9.98 Å². The molecule has 0 aromatic heterocycles. The second-order valence-corrected chi connectivity index (χ2v) is 8.24. The van der Waals surface area contributed by atoms with Crippen molar-refractivity contribution in [1.29, 1.82) is 0 Å². The first kappa shape index (κ1) is 21.6. The average Bonchev–Trinajstić information content (AvgIpc) is 2.81. The highest BCUT2D eigenvalue weighted by molar-refractivity contribution is 7.48. The molecule has 0 amide bonds. The zero-order valence-electron chi connectivity index (χ0n) is 16.7. The standard InChI is InChI=1S/C22H18N3O6P/c26-25(27)19-9-11-20(12-10-19)31-32(28)29-15-17-5-1-3-7-21(17)23-13-14-24-22-8-4-2-6-18(22)16-30-32/h1-14H,15-16H2. The van der Waals surface area contributed by atoms with Crippen molar-refractivity contribution >= 4 is 37.3 Å². The molecule has 0 aliphatic carbocycles. The van der Waals surface area contributed by atoms with Crippen LogP contribution in [0.1, 0.15) is 11.1 Å². The van der Waals surface area contributed by atoms with Gasteiger partial charge in [0.2, 0.25) is 0 Å². The van der Waals surface area contributed by atoms with E-state index in [1.807, 2.05) is 24.3 Å². The first-order valence-corrected chi connectivity index (χ1v) is 11.0. The number of hydrogen-bond acceptors (Lipinski definition) is 8. The number of phosphoric acid groups is 1. The number of para-hydroxylation sites is 2. The van der Waals surface area contributed by atoms with E-state index < -0.39 is 12.7 Å². The number of non-ortho nitro benzene ring substituents is 1. The molecule has 3 aromatic carbocycles. The van der Waals surface area contributed by atoms with Gasteiger partial charge in [-0.25, -0.2) is 4.57 Å². The number of phosphoric ester groups is 1. The predicted molar refractivity (Wildman–Crippen MR) is 120 cm³/mol. The van der Waals surface area contributed by atoms with Crippen LogP contribution in [0.25, 0.3) is 0 Å². The smallest absolute Gasteiger partial charge is 0.404 e. The Hall–Kier alpha value is -3.65. The molecule has 0 spiro atoms. The van der Waals surface area contributed by atoms with Crippen molar-refractivity contribution in [2.45, 2.75) is 13.2 Å². The molecule has 32 heavy (non-hydrogen) atoms. The van der Waals surface area contributed by atoms with E-state index in [9.17, 15) is 14.7 Å². The normalized spacial score (nSPS) is 18.4. The number of benzene rings is 3. The molecule has 1 heterocycles. The maximum atomic E-state index is 13.5. The van der Waals surface area contributed by atoms with E-state index in [4.69, 9.17) is 13.6 Å². The lowest BCUT2D eigenvalue weighted by Gasteiger charge is -2.19. The van der Waals surface area contributed by atoms with Gasteiger partial charge < -0.3 is 4.52 Å². The van der Waals surface area contributed by atoms with Gasteiger partial charge in [-0.3, -0.25) is 29.1 Å². The fraction of sp³-hybridized carbons (Fsp3) is 0.0909. The average molecular weight is 451 g/mol. The molecule has 4 rings (SSSR count).